The summed E-state index contributed by atoms with van der Waals surface area (Å²) < 4.78 is 12.7. The highest BCUT2D eigenvalue weighted by atomic mass is 19.1. The largest absolute Gasteiger partial charge is 0.508 e. The Morgan fingerprint density at radius 2 is 2.00 bits per heavy atom. The Balaban J connectivity index is 2.41. The van der Waals surface area contributed by atoms with Crippen LogP contribution in [-0.4, -0.2) is 24.4 Å². The maximum absolute atomic E-state index is 12.7. The van der Waals surface area contributed by atoms with Crippen molar-refractivity contribution in [1.82, 2.24) is 0 Å². The number of hydrogen-bond donors (Lipinski definition) is 3. The van der Waals surface area contributed by atoms with E-state index in [1.807, 2.05) is 0 Å². The van der Waals surface area contributed by atoms with Crippen LogP contribution in [-0.2, 0) is 0 Å². The molecule has 4 N–H and O–H groups in total. The molecule has 1 unspecified atom stereocenters. The number of phenols is 1. The molecular weight excluding hydrogens is 171 g/mol. The number of halogens is 1. The van der Waals surface area contributed by atoms with Crippen LogP contribution in [0.5, 0.6) is 5.75 Å². The molecule has 4 heteroatoms. The maximum atomic E-state index is 12.7. The lowest BCUT2D eigenvalue weighted by Crippen LogP contribution is -2.23. The smallest absolute Gasteiger partial charge is 0.129 e. The van der Waals surface area contributed by atoms with Gasteiger partial charge in [-0.2, -0.15) is 0 Å². The van der Waals surface area contributed by atoms with Crippen LogP contribution in [0, 0.1) is 0 Å². The zero-order chi connectivity index (χ0) is 9.68. The SMILES string of the molecule is NCC(F)CNc1ccc(O)cc1. The van der Waals surface area contributed by atoms with Crippen LogP contribution in [0.2, 0.25) is 0 Å². The molecule has 0 spiro atoms. The predicted molar refractivity (Wildman–Crippen MR) is 50.5 cm³/mol. The van der Waals surface area contributed by atoms with Crippen LogP contribution in [0.4, 0.5) is 10.1 Å². The first-order valence-corrected chi connectivity index (χ1v) is 4.09. The van der Waals surface area contributed by atoms with Crippen molar-refractivity contribution in [2.24, 2.45) is 5.73 Å². The fraction of sp³-hybridized carbons (Fsp3) is 0.333. The van der Waals surface area contributed by atoms with Gasteiger partial charge in [-0.3, -0.25) is 0 Å². The van der Waals surface area contributed by atoms with Gasteiger partial charge in [0.2, 0.25) is 0 Å². The Morgan fingerprint density at radius 1 is 1.38 bits per heavy atom. The summed E-state index contributed by atoms with van der Waals surface area (Å²) in [4.78, 5) is 0. The summed E-state index contributed by atoms with van der Waals surface area (Å²) in [5.41, 5.74) is 5.88. The summed E-state index contributed by atoms with van der Waals surface area (Å²) in [6, 6.07) is 6.44. The highest BCUT2D eigenvalue weighted by Gasteiger charge is 2.01. The van der Waals surface area contributed by atoms with Gasteiger partial charge in [0.05, 0.1) is 0 Å². The molecule has 0 bridgehead atoms. The minimum Gasteiger partial charge on any atom is -0.508 e. The Labute approximate surface area is 76.4 Å². The van der Waals surface area contributed by atoms with Crippen LogP contribution in [0.3, 0.4) is 0 Å². The lowest BCUT2D eigenvalue weighted by atomic mass is 10.3. The van der Waals surface area contributed by atoms with Crippen molar-refractivity contribution >= 4 is 5.69 Å². The second-order valence-corrected chi connectivity index (χ2v) is 2.76. The number of benzene rings is 1. The van der Waals surface area contributed by atoms with E-state index < -0.39 is 6.17 Å². The highest BCUT2D eigenvalue weighted by molar-refractivity contribution is 5.45. The minimum absolute atomic E-state index is 0.0189. The molecule has 0 aliphatic rings. The first kappa shape index (κ1) is 9.80. The molecule has 0 heterocycles. The number of aromatic hydroxyl groups is 1. The van der Waals surface area contributed by atoms with Crippen LogP contribution in [0.25, 0.3) is 0 Å². The molecule has 72 valence electrons. The van der Waals surface area contributed by atoms with Gasteiger partial charge in [-0.25, -0.2) is 4.39 Å². The van der Waals surface area contributed by atoms with Crippen molar-refractivity contribution in [2.45, 2.75) is 6.17 Å². The standard InChI is InChI=1S/C9H13FN2O/c10-7(5-11)6-12-8-1-3-9(13)4-2-8/h1-4,7,12-13H,5-6,11H2. The number of hydrogen-bond acceptors (Lipinski definition) is 3. The van der Waals surface area contributed by atoms with Gasteiger partial charge in [0.15, 0.2) is 0 Å². The molecule has 3 nitrogen and oxygen atoms in total. The van der Waals surface area contributed by atoms with Gasteiger partial charge in [-0.05, 0) is 24.3 Å². The van der Waals surface area contributed by atoms with Crippen molar-refractivity contribution in [1.29, 1.82) is 0 Å². The topological polar surface area (TPSA) is 58.3 Å². The molecule has 0 aliphatic heterocycles. The first-order chi connectivity index (χ1) is 6.22. The predicted octanol–water partition coefficient (Wildman–Crippen LogP) is 1.10. The number of phenolic OH excluding ortho intramolecular Hbond substituents is 1. The molecule has 0 amide bonds. The summed E-state index contributed by atoms with van der Waals surface area (Å²) in [5, 5.41) is 11.8. The van der Waals surface area contributed by atoms with Crippen LogP contribution >= 0.6 is 0 Å². The first-order valence-electron chi connectivity index (χ1n) is 4.09. The fourth-order valence-electron chi connectivity index (χ4n) is 0.891. The lowest BCUT2D eigenvalue weighted by molar-refractivity contribution is 0.358. The summed E-state index contributed by atoms with van der Waals surface area (Å²) in [7, 11) is 0. The zero-order valence-corrected chi connectivity index (χ0v) is 7.20. The van der Waals surface area contributed by atoms with Crippen molar-refractivity contribution < 1.29 is 9.50 Å². The minimum atomic E-state index is -1.03. The molecule has 1 rings (SSSR count). The van der Waals surface area contributed by atoms with E-state index in [1.54, 1.807) is 12.1 Å². The van der Waals surface area contributed by atoms with E-state index in [2.05, 4.69) is 5.32 Å². The lowest BCUT2D eigenvalue weighted by Gasteiger charge is -2.08. The summed E-state index contributed by atoms with van der Waals surface area (Å²) in [5.74, 6) is 0.196. The van der Waals surface area contributed by atoms with Gasteiger partial charge in [0.25, 0.3) is 0 Å². The third-order valence-electron chi connectivity index (χ3n) is 1.65. The molecule has 0 fully saturated rings. The number of rotatable bonds is 4. The Hall–Kier alpha value is -1.29. The van der Waals surface area contributed by atoms with Crippen molar-refractivity contribution in [3.8, 4) is 5.75 Å². The molecule has 1 aromatic rings. The summed E-state index contributed by atoms with van der Waals surface area (Å²) in [6.07, 6.45) is -1.03. The molecule has 0 aromatic heterocycles. The van der Waals surface area contributed by atoms with Crippen LogP contribution in [0.15, 0.2) is 24.3 Å². The van der Waals surface area contributed by atoms with E-state index in [0.29, 0.717) is 0 Å². The van der Waals surface area contributed by atoms with E-state index in [-0.39, 0.29) is 18.8 Å². The van der Waals surface area contributed by atoms with E-state index >= 15 is 0 Å². The summed E-state index contributed by atoms with van der Waals surface area (Å²) >= 11 is 0. The monoisotopic (exact) mass is 184 g/mol. The normalized spacial score (nSPS) is 12.5. The third kappa shape index (κ3) is 3.29. The second kappa shape index (κ2) is 4.67. The molecule has 0 saturated heterocycles. The van der Waals surface area contributed by atoms with E-state index in [9.17, 15) is 4.39 Å². The highest BCUT2D eigenvalue weighted by Crippen LogP contribution is 2.13. The van der Waals surface area contributed by atoms with Gasteiger partial charge in [0, 0.05) is 18.8 Å². The average Bonchev–Trinajstić information content (AvgIpc) is 2.16. The van der Waals surface area contributed by atoms with Gasteiger partial charge in [-0.1, -0.05) is 0 Å². The number of alkyl halides is 1. The van der Waals surface area contributed by atoms with E-state index in [1.165, 1.54) is 12.1 Å². The quantitative estimate of drug-likeness (QED) is 0.614. The van der Waals surface area contributed by atoms with Gasteiger partial charge in [-0.15, -0.1) is 0 Å². The van der Waals surface area contributed by atoms with Crippen molar-refractivity contribution in [2.75, 3.05) is 18.4 Å². The van der Waals surface area contributed by atoms with E-state index in [0.717, 1.165) is 5.69 Å². The molecule has 0 saturated carbocycles. The Morgan fingerprint density at radius 3 is 2.54 bits per heavy atom. The molecule has 1 aromatic carbocycles. The van der Waals surface area contributed by atoms with E-state index in [4.69, 9.17) is 10.8 Å². The zero-order valence-electron chi connectivity index (χ0n) is 7.20. The maximum Gasteiger partial charge on any atom is 0.129 e. The van der Waals surface area contributed by atoms with Crippen molar-refractivity contribution in [3.05, 3.63) is 24.3 Å². The Kier molecular flexibility index (Phi) is 3.52. The molecular formula is C9H13FN2O. The Bertz CT molecular complexity index is 250. The molecule has 0 aliphatic carbocycles. The van der Waals surface area contributed by atoms with Gasteiger partial charge < -0.3 is 16.2 Å². The molecule has 0 radical (unpaired) electrons. The van der Waals surface area contributed by atoms with Crippen molar-refractivity contribution in [3.63, 3.8) is 0 Å². The fourth-order valence-corrected chi connectivity index (χ4v) is 0.891. The number of nitrogens with two attached hydrogens (primary N) is 1. The number of nitrogens with one attached hydrogen (secondary N) is 1. The van der Waals surface area contributed by atoms with Gasteiger partial charge in [0.1, 0.15) is 11.9 Å². The molecule has 13 heavy (non-hydrogen) atoms. The third-order valence-corrected chi connectivity index (χ3v) is 1.65. The van der Waals surface area contributed by atoms with Crippen LogP contribution < -0.4 is 11.1 Å². The van der Waals surface area contributed by atoms with Gasteiger partial charge >= 0.3 is 0 Å². The number of anilines is 1. The van der Waals surface area contributed by atoms with Crippen LogP contribution in [0.1, 0.15) is 0 Å². The average molecular weight is 184 g/mol. The summed E-state index contributed by atoms with van der Waals surface area (Å²) in [6.45, 7) is 0.215. The second-order valence-electron chi connectivity index (χ2n) is 2.76. The molecule has 1 atom stereocenters.